The number of methoxy groups -OCH3 is 1. The first kappa shape index (κ1) is 15.4. The van der Waals surface area contributed by atoms with Crippen LogP contribution in [0.5, 0.6) is 0 Å². The minimum absolute atomic E-state index is 0.262. The molecule has 112 valence electrons. The van der Waals surface area contributed by atoms with Gasteiger partial charge in [-0.2, -0.15) is 0 Å². The molecule has 1 unspecified atom stereocenters. The number of rotatable bonds is 4. The van der Waals surface area contributed by atoms with E-state index in [0.717, 1.165) is 18.4 Å². The Morgan fingerprint density at radius 3 is 2.81 bits per heavy atom. The molecule has 0 aliphatic rings. The fraction of sp³-hybridized carbons (Fsp3) is 0.286. The number of aliphatic hydroxyl groups excluding tert-OH is 1. The maximum atomic E-state index is 13.8. The van der Waals surface area contributed by atoms with Crippen molar-refractivity contribution in [3.8, 4) is 0 Å². The molecule has 0 radical (unpaired) electrons. The summed E-state index contributed by atoms with van der Waals surface area (Å²) in [5.74, 6) is -1.67. The number of hydrogen-bond donors (Lipinski definition) is 2. The summed E-state index contributed by atoms with van der Waals surface area (Å²) < 4.78 is 18.8. The minimum Gasteiger partial charge on any atom is -0.467 e. The largest absolute Gasteiger partial charge is 0.467 e. The zero-order chi connectivity index (χ0) is 15.6. The third kappa shape index (κ3) is 3.03. The van der Waals surface area contributed by atoms with Gasteiger partial charge in [0, 0.05) is 10.1 Å². The van der Waals surface area contributed by atoms with E-state index in [9.17, 15) is 19.1 Å². The number of carbonyl (C=O) groups is 2. The number of fused-ring (bicyclic) bond motifs is 1. The van der Waals surface area contributed by atoms with E-state index < -0.39 is 18.0 Å². The predicted molar refractivity (Wildman–Crippen MR) is 76.9 cm³/mol. The van der Waals surface area contributed by atoms with Crippen LogP contribution in [0.2, 0.25) is 0 Å². The van der Waals surface area contributed by atoms with Gasteiger partial charge in [0.15, 0.2) is 6.10 Å². The van der Waals surface area contributed by atoms with Crippen LogP contribution in [0.15, 0.2) is 18.2 Å². The van der Waals surface area contributed by atoms with E-state index in [4.69, 9.17) is 0 Å². The molecule has 1 heterocycles. The van der Waals surface area contributed by atoms with Crippen molar-refractivity contribution in [2.24, 2.45) is 0 Å². The van der Waals surface area contributed by atoms with E-state index in [-0.39, 0.29) is 12.4 Å². The number of ether oxygens (including phenoxy) is 1. The van der Waals surface area contributed by atoms with Gasteiger partial charge in [-0.25, -0.2) is 9.18 Å². The van der Waals surface area contributed by atoms with Crippen molar-refractivity contribution in [1.29, 1.82) is 0 Å². The third-order valence-corrected chi connectivity index (χ3v) is 4.29. The van der Waals surface area contributed by atoms with Crippen molar-refractivity contribution in [2.45, 2.75) is 13.0 Å². The van der Waals surface area contributed by atoms with Crippen molar-refractivity contribution < 1.29 is 23.8 Å². The summed E-state index contributed by atoms with van der Waals surface area (Å²) in [4.78, 5) is 23.5. The maximum Gasteiger partial charge on any atom is 0.336 e. The SMILES string of the molecule is COC(=O)C(O)CNC(=O)c1sc2cccc(F)c2c1C. The number of nitrogens with one attached hydrogen (secondary N) is 1. The zero-order valence-corrected chi connectivity index (χ0v) is 12.3. The molecule has 0 aliphatic heterocycles. The van der Waals surface area contributed by atoms with E-state index in [1.165, 1.54) is 6.07 Å². The molecule has 0 spiro atoms. The lowest BCUT2D eigenvalue weighted by Gasteiger charge is -2.09. The van der Waals surface area contributed by atoms with E-state index in [0.29, 0.717) is 20.5 Å². The van der Waals surface area contributed by atoms with Crippen molar-refractivity contribution in [3.05, 3.63) is 34.5 Å². The van der Waals surface area contributed by atoms with Gasteiger partial charge in [-0.05, 0) is 24.6 Å². The van der Waals surface area contributed by atoms with Crippen molar-refractivity contribution in [1.82, 2.24) is 5.32 Å². The number of amides is 1. The van der Waals surface area contributed by atoms with Crippen LogP contribution < -0.4 is 5.32 Å². The molecule has 0 saturated heterocycles. The lowest BCUT2D eigenvalue weighted by Crippen LogP contribution is -2.37. The first-order chi connectivity index (χ1) is 9.95. The summed E-state index contributed by atoms with van der Waals surface area (Å²) in [6.45, 7) is 1.40. The molecule has 1 atom stereocenters. The highest BCUT2D eigenvalue weighted by Gasteiger charge is 2.20. The highest BCUT2D eigenvalue weighted by atomic mass is 32.1. The molecule has 0 bridgehead atoms. The third-order valence-electron chi connectivity index (χ3n) is 3.04. The average Bonchev–Trinajstić information content (AvgIpc) is 2.82. The minimum atomic E-state index is -1.43. The van der Waals surface area contributed by atoms with Crippen LogP contribution in [0, 0.1) is 12.7 Å². The van der Waals surface area contributed by atoms with Gasteiger partial charge >= 0.3 is 5.97 Å². The molecule has 2 N–H and O–H groups in total. The second-order valence-corrected chi connectivity index (χ2v) is 5.47. The number of hydrogen-bond acceptors (Lipinski definition) is 5. The van der Waals surface area contributed by atoms with Crippen molar-refractivity contribution >= 4 is 33.3 Å². The van der Waals surface area contributed by atoms with E-state index in [1.807, 2.05) is 0 Å². The molecule has 7 heteroatoms. The second kappa shape index (κ2) is 6.19. The highest BCUT2D eigenvalue weighted by Crippen LogP contribution is 2.32. The summed E-state index contributed by atoms with van der Waals surface area (Å²) in [6, 6.07) is 4.65. The van der Waals surface area contributed by atoms with Crippen LogP contribution in [0.25, 0.3) is 10.1 Å². The fourth-order valence-electron chi connectivity index (χ4n) is 1.96. The van der Waals surface area contributed by atoms with Crippen LogP contribution in [-0.2, 0) is 9.53 Å². The second-order valence-electron chi connectivity index (χ2n) is 4.42. The first-order valence-electron chi connectivity index (χ1n) is 6.17. The summed E-state index contributed by atoms with van der Waals surface area (Å²) in [6.07, 6.45) is -1.43. The van der Waals surface area contributed by atoms with Gasteiger partial charge in [0.2, 0.25) is 0 Å². The molecule has 0 saturated carbocycles. The number of aliphatic hydroxyl groups is 1. The summed E-state index contributed by atoms with van der Waals surface area (Å²) in [7, 11) is 1.15. The molecule has 1 aromatic carbocycles. The van der Waals surface area contributed by atoms with Crippen LogP contribution in [0.1, 0.15) is 15.2 Å². The molecule has 0 aliphatic carbocycles. The van der Waals surface area contributed by atoms with E-state index >= 15 is 0 Å². The number of halogens is 1. The molecule has 1 aromatic heterocycles. The lowest BCUT2D eigenvalue weighted by molar-refractivity contribution is -0.149. The Hall–Kier alpha value is -1.99. The molecular weight excluding hydrogens is 297 g/mol. The normalized spacial score (nSPS) is 12.2. The summed E-state index contributed by atoms with van der Waals surface area (Å²) >= 11 is 1.16. The monoisotopic (exact) mass is 311 g/mol. The van der Waals surface area contributed by atoms with Gasteiger partial charge in [-0.3, -0.25) is 4.79 Å². The fourth-order valence-corrected chi connectivity index (χ4v) is 3.10. The van der Waals surface area contributed by atoms with Crippen LogP contribution >= 0.6 is 11.3 Å². The number of thiophene rings is 1. The average molecular weight is 311 g/mol. The number of aryl methyl sites for hydroxylation is 1. The Labute approximate surface area is 124 Å². The molecule has 2 rings (SSSR count). The highest BCUT2D eigenvalue weighted by molar-refractivity contribution is 7.21. The Kier molecular flexibility index (Phi) is 4.54. The Bertz CT molecular complexity index is 698. The van der Waals surface area contributed by atoms with Gasteiger partial charge in [-0.1, -0.05) is 6.07 Å². The van der Waals surface area contributed by atoms with Gasteiger partial charge < -0.3 is 15.2 Å². The summed E-state index contributed by atoms with van der Waals surface area (Å²) in [5, 5.41) is 12.3. The van der Waals surface area contributed by atoms with Gasteiger partial charge in [-0.15, -0.1) is 11.3 Å². The molecular formula is C14H14FNO4S. The lowest BCUT2D eigenvalue weighted by atomic mass is 10.1. The Morgan fingerprint density at radius 1 is 1.48 bits per heavy atom. The van der Waals surface area contributed by atoms with Crippen LogP contribution in [0.3, 0.4) is 0 Å². The van der Waals surface area contributed by atoms with Gasteiger partial charge in [0.1, 0.15) is 5.82 Å². The topological polar surface area (TPSA) is 75.6 Å². The number of benzene rings is 1. The predicted octanol–water partition coefficient (Wildman–Crippen LogP) is 1.61. The molecule has 1 amide bonds. The number of carbonyl (C=O) groups excluding carboxylic acids is 2. The quantitative estimate of drug-likeness (QED) is 0.841. The first-order valence-corrected chi connectivity index (χ1v) is 6.99. The van der Waals surface area contributed by atoms with Crippen molar-refractivity contribution in [3.63, 3.8) is 0 Å². The molecule has 5 nitrogen and oxygen atoms in total. The molecule has 0 fully saturated rings. The molecule has 21 heavy (non-hydrogen) atoms. The standard InChI is InChI=1S/C14H14FNO4S/c1-7-11-8(15)4-3-5-10(11)21-12(7)13(18)16-6-9(17)14(19)20-2/h3-5,9,17H,6H2,1-2H3,(H,16,18). The van der Waals surface area contributed by atoms with E-state index in [1.54, 1.807) is 19.1 Å². The smallest absolute Gasteiger partial charge is 0.336 e. The molecule has 2 aromatic rings. The van der Waals surface area contributed by atoms with E-state index in [2.05, 4.69) is 10.1 Å². The summed E-state index contributed by atoms with van der Waals surface area (Å²) in [5.41, 5.74) is 0.540. The van der Waals surface area contributed by atoms with Crippen LogP contribution in [0.4, 0.5) is 4.39 Å². The van der Waals surface area contributed by atoms with Gasteiger partial charge in [0.25, 0.3) is 5.91 Å². The Balaban J connectivity index is 2.19. The zero-order valence-electron chi connectivity index (χ0n) is 11.5. The maximum absolute atomic E-state index is 13.8. The number of esters is 1. The van der Waals surface area contributed by atoms with Crippen LogP contribution in [-0.4, -0.2) is 36.7 Å². The Morgan fingerprint density at radius 2 is 2.19 bits per heavy atom. The van der Waals surface area contributed by atoms with Crippen molar-refractivity contribution in [2.75, 3.05) is 13.7 Å². The van der Waals surface area contributed by atoms with Gasteiger partial charge in [0.05, 0.1) is 18.5 Å².